The zero-order valence-corrected chi connectivity index (χ0v) is 24.0. The van der Waals surface area contributed by atoms with E-state index < -0.39 is 11.9 Å². The summed E-state index contributed by atoms with van der Waals surface area (Å²) >= 11 is 0. The molecule has 0 radical (unpaired) electrons. The molecule has 0 heterocycles. The van der Waals surface area contributed by atoms with Crippen LogP contribution in [0, 0.1) is 0 Å². The van der Waals surface area contributed by atoms with Crippen molar-refractivity contribution in [2.45, 2.75) is 78.1 Å². The summed E-state index contributed by atoms with van der Waals surface area (Å²) in [4.78, 5) is 36.5. The Labute approximate surface area is 237 Å². The SMILES string of the molecule is CCCCCCCCCC(=O)NCC(=O)N/N=C/c1ccc(OC(=O)c2ccc(OCCCC)cc2)c(OC)c1. The van der Waals surface area contributed by atoms with E-state index in [1.807, 2.05) is 0 Å². The minimum absolute atomic E-state index is 0.140. The number of hydrogen-bond acceptors (Lipinski definition) is 7. The highest BCUT2D eigenvalue weighted by molar-refractivity contribution is 5.92. The van der Waals surface area contributed by atoms with Gasteiger partial charge in [-0.1, -0.05) is 58.8 Å². The molecule has 2 N–H and O–H groups in total. The number of esters is 1. The monoisotopic (exact) mass is 553 g/mol. The molecular weight excluding hydrogens is 510 g/mol. The smallest absolute Gasteiger partial charge is 0.343 e. The molecule has 0 saturated heterocycles. The van der Waals surface area contributed by atoms with Crippen LogP contribution >= 0.6 is 0 Å². The molecule has 9 nitrogen and oxygen atoms in total. The van der Waals surface area contributed by atoms with Crippen LogP contribution in [0.25, 0.3) is 0 Å². The Bertz CT molecular complexity index is 1080. The van der Waals surface area contributed by atoms with Crippen molar-refractivity contribution in [1.82, 2.24) is 10.7 Å². The zero-order valence-electron chi connectivity index (χ0n) is 24.0. The van der Waals surface area contributed by atoms with Crippen molar-refractivity contribution in [3.63, 3.8) is 0 Å². The molecule has 0 bridgehead atoms. The second-order valence-electron chi connectivity index (χ2n) is 9.47. The van der Waals surface area contributed by atoms with Gasteiger partial charge in [-0.05, 0) is 60.9 Å². The maximum Gasteiger partial charge on any atom is 0.343 e. The lowest BCUT2D eigenvalue weighted by molar-refractivity contribution is -0.126. The van der Waals surface area contributed by atoms with Crippen LogP contribution in [0.1, 0.15) is 94.0 Å². The summed E-state index contributed by atoms with van der Waals surface area (Å²) in [7, 11) is 1.47. The molecule has 2 amide bonds. The number of methoxy groups -OCH3 is 1. The number of carbonyl (C=O) groups is 3. The van der Waals surface area contributed by atoms with Crippen LogP contribution < -0.4 is 25.0 Å². The number of hydrogen-bond donors (Lipinski definition) is 2. The van der Waals surface area contributed by atoms with Gasteiger partial charge in [0.2, 0.25) is 5.91 Å². The molecule has 0 aliphatic carbocycles. The van der Waals surface area contributed by atoms with Crippen molar-refractivity contribution in [1.29, 1.82) is 0 Å². The van der Waals surface area contributed by atoms with Gasteiger partial charge in [0.15, 0.2) is 11.5 Å². The fourth-order valence-corrected chi connectivity index (χ4v) is 3.76. The maximum absolute atomic E-state index is 12.6. The zero-order chi connectivity index (χ0) is 29.0. The molecule has 0 atom stereocenters. The molecule has 0 aromatic heterocycles. The van der Waals surface area contributed by atoms with Crippen LogP contribution in [0.3, 0.4) is 0 Å². The van der Waals surface area contributed by atoms with E-state index in [0.29, 0.717) is 35.7 Å². The van der Waals surface area contributed by atoms with Gasteiger partial charge in [0.25, 0.3) is 5.91 Å². The number of ether oxygens (including phenoxy) is 3. The van der Waals surface area contributed by atoms with Crippen LogP contribution in [0.5, 0.6) is 17.2 Å². The molecular formula is C31H43N3O6. The van der Waals surface area contributed by atoms with Crippen molar-refractivity contribution >= 4 is 24.0 Å². The normalized spacial score (nSPS) is 10.8. The molecule has 0 saturated carbocycles. The van der Waals surface area contributed by atoms with Crippen molar-refractivity contribution in [3.05, 3.63) is 53.6 Å². The molecule has 2 aromatic rings. The Hall–Kier alpha value is -3.88. The average molecular weight is 554 g/mol. The summed E-state index contributed by atoms with van der Waals surface area (Å²) in [6.45, 7) is 4.77. The molecule has 40 heavy (non-hydrogen) atoms. The lowest BCUT2D eigenvalue weighted by Crippen LogP contribution is -2.34. The molecule has 0 fully saturated rings. The number of nitrogens with zero attached hydrogens (tertiary/aromatic N) is 1. The van der Waals surface area contributed by atoms with Gasteiger partial charge in [-0.15, -0.1) is 0 Å². The van der Waals surface area contributed by atoms with E-state index in [4.69, 9.17) is 14.2 Å². The van der Waals surface area contributed by atoms with E-state index in [1.54, 1.807) is 42.5 Å². The lowest BCUT2D eigenvalue weighted by Gasteiger charge is -2.10. The van der Waals surface area contributed by atoms with Crippen molar-refractivity contribution in [2.75, 3.05) is 20.3 Å². The first-order valence-electron chi connectivity index (χ1n) is 14.2. The van der Waals surface area contributed by atoms with E-state index in [2.05, 4.69) is 29.7 Å². The van der Waals surface area contributed by atoms with E-state index in [9.17, 15) is 14.4 Å². The van der Waals surface area contributed by atoms with Crippen LogP contribution in [0.15, 0.2) is 47.6 Å². The van der Waals surface area contributed by atoms with E-state index in [1.165, 1.54) is 39.0 Å². The predicted octanol–water partition coefficient (Wildman–Crippen LogP) is 5.80. The van der Waals surface area contributed by atoms with Gasteiger partial charge < -0.3 is 19.5 Å². The topological polar surface area (TPSA) is 115 Å². The van der Waals surface area contributed by atoms with Gasteiger partial charge in [0.1, 0.15) is 5.75 Å². The minimum Gasteiger partial charge on any atom is -0.494 e. The van der Waals surface area contributed by atoms with Gasteiger partial charge in [-0.25, -0.2) is 10.2 Å². The third kappa shape index (κ3) is 12.8. The highest BCUT2D eigenvalue weighted by Gasteiger charge is 2.13. The predicted molar refractivity (Wildman–Crippen MR) is 156 cm³/mol. The quantitative estimate of drug-likeness (QED) is 0.0747. The first kappa shape index (κ1) is 32.3. The molecule has 2 aromatic carbocycles. The lowest BCUT2D eigenvalue weighted by atomic mass is 10.1. The van der Waals surface area contributed by atoms with Gasteiger partial charge in [-0.3, -0.25) is 9.59 Å². The fraction of sp³-hybridized carbons (Fsp3) is 0.484. The number of carbonyl (C=O) groups excluding carboxylic acids is 3. The summed E-state index contributed by atoms with van der Waals surface area (Å²) in [6.07, 6.45) is 11.8. The first-order valence-corrected chi connectivity index (χ1v) is 14.2. The molecule has 9 heteroatoms. The number of nitrogens with one attached hydrogen (secondary N) is 2. The molecule has 0 aliphatic heterocycles. The summed E-state index contributed by atoms with van der Waals surface area (Å²) in [5.41, 5.74) is 3.39. The van der Waals surface area contributed by atoms with Crippen molar-refractivity contribution in [2.24, 2.45) is 5.10 Å². The molecule has 2 rings (SSSR count). The Morgan fingerprint density at radius 1 is 0.825 bits per heavy atom. The summed E-state index contributed by atoms with van der Waals surface area (Å²) in [5.74, 6) is 0.189. The summed E-state index contributed by atoms with van der Waals surface area (Å²) in [6, 6.07) is 11.7. The van der Waals surface area contributed by atoms with E-state index >= 15 is 0 Å². The number of unbranched alkanes of at least 4 members (excludes halogenated alkanes) is 7. The second kappa shape index (κ2) is 19.2. The van der Waals surface area contributed by atoms with Crippen molar-refractivity contribution < 1.29 is 28.6 Å². The second-order valence-corrected chi connectivity index (χ2v) is 9.47. The molecule has 0 unspecified atom stereocenters. The third-order valence-electron chi connectivity index (χ3n) is 6.10. The number of rotatable bonds is 19. The number of hydrazone groups is 1. The van der Waals surface area contributed by atoms with Crippen LogP contribution in [-0.2, 0) is 9.59 Å². The molecule has 0 aliphatic rings. The average Bonchev–Trinajstić information content (AvgIpc) is 2.96. The Morgan fingerprint density at radius 3 is 2.23 bits per heavy atom. The van der Waals surface area contributed by atoms with Crippen molar-refractivity contribution in [3.8, 4) is 17.2 Å². The number of amides is 2. The maximum atomic E-state index is 12.6. The minimum atomic E-state index is -0.527. The van der Waals surface area contributed by atoms with Crippen LogP contribution in [0.2, 0.25) is 0 Å². The highest BCUT2D eigenvalue weighted by atomic mass is 16.6. The van der Waals surface area contributed by atoms with Gasteiger partial charge in [0.05, 0.1) is 32.0 Å². The fourth-order valence-electron chi connectivity index (χ4n) is 3.76. The first-order chi connectivity index (χ1) is 19.5. The molecule has 218 valence electrons. The Kier molecular flexibility index (Phi) is 15.5. The van der Waals surface area contributed by atoms with Crippen LogP contribution in [-0.4, -0.2) is 44.3 Å². The number of benzene rings is 2. The van der Waals surface area contributed by atoms with Crippen LogP contribution in [0.4, 0.5) is 0 Å². The third-order valence-corrected chi connectivity index (χ3v) is 6.10. The van der Waals surface area contributed by atoms with E-state index in [0.717, 1.165) is 32.1 Å². The highest BCUT2D eigenvalue weighted by Crippen LogP contribution is 2.28. The largest absolute Gasteiger partial charge is 0.494 e. The van der Waals surface area contributed by atoms with Gasteiger partial charge in [-0.2, -0.15) is 5.10 Å². The Morgan fingerprint density at radius 2 is 1.52 bits per heavy atom. The summed E-state index contributed by atoms with van der Waals surface area (Å²) in [5, 5.41) is 6.54. The van der Waals surface area contributed by atoms with Gasteiger partial charge in [0, 0.05) is 6.42 Å². The molecule has 0 spiro atoms. The van der Waals surface area contributed by atoms with E-state index in [-0.39, 0.29) is 18.2 Å². The van der Waals surface area contributed by atoms with Gasteiger partial charge >= 0.3 is 5.97 Å². The standard InChI is InChI=1S/C31H43N3O6/c1-4-6-8-9-10-11-12-13-29(35)32-23-30(36)34-33-22-24-14-19-27(28(21-24)38-3)40-31(37)25-15-17-26(18-16-25)39-20-7-5-2/h14-19,21-22H,4-13,20,23H2,1-3H3,(H,32,35)(H,34,36)/b33-22+. The Balaban J connectivity index is 1.76. The summed E-state index contributed by atoms with van der Waals surface area (Å²) < 4.78 is 16.5.